The summed E-state index contributed by atoms with van der Waals surface area (Å²) in [6, 6.07) is 0. The Kier molecular flexibility index (Phi) is 19.6. The lowest BCUT2D eigenvalue weighted by Crippen LogP contribution is -2.22. The molecule has 54 valence electrons. The van der Waals surface area contributed by atoms with Crippen molar-refractivity contribution >= 4 is 0 Å². The van der Waals surface area contributed by atoms with E-state index in [1.54, 1.807) is 0 Å². The Bertz CT molecular complexity index is 46.1. The van der Waals surface area contributed by atoms with Gasteiger partial charge in [0, 0.05) is 13.1 Å². The number of rotatable bonds is 4. The number of nitrogens with two attached hydrogens (primary N) is 1. The third-order valence-corrected chi connectivity index (χ3v) is 0.748. The fourth-order valence-electron chi connectivity index (χ4n) is 0.404. The maximum Gasteiger partial charge on any atom is 0.00744 e. The van der Waals surface area contributed by atoms with Gasteiger partial charge in [-0.15, -0.1) is 12.8 Å². The van der Waals surface area contributed by atoms with Gasteiger partial charge in [0.25, 0.3) is 0 Å². The SMILES string of the molecule is C#C.CCCNCCN. The third-order valence-electron chi connectivity index (χ3n) is 0.748. The standard InChI is InChI=1S/C5H14N2.C2H2/c1-2-4-7-5-3-6;1-2/h7H,2-6H2,1H3;1-2H. The molecule has 0 heterocycles. The molecular formula is C7H16N2. The Labute approximate surface area is 57.8 Å². The van der Waals surface area contributed by atoms with Gasteiger partial charge in [0.2, 0.25) is 0 Å². The van der Waals surface area contributed by atoms with Gasteiger partial charge in [-0.1, -0.05) is 6.92 Å². The monoisotopic (exact) mass is 128 g/mol. The maximum atomic E-state index is 5.21. The quantitative estimate of drug-likeness (QED) is 0.419. The second-order valence-corrected chi connectivity index (χ2v) is 1.54. The normalized spacial score (nSPS) is 7.56. The second-order valence-electron chi connectivity index (χ2n) is 1.54. The van der Waals surface area contributed by atoms with Gasteiger partial charge < -0.3 is 11.1 Å². The van der Waals surface area contributed by atoms with Crippen molar-refractivity contribution in [1.29, 1.82) is 0 Å². The van der Waals surface area contributed by atoms with Gasteiger partial charge in [0.05, 0.1) is 0 Å². The second kappa shape index (κ2) is 15.6. The molecule has 0 aliphatic heterocycles. The summed E-state index contributed by atoms with van der Waals surface area (Å²) < 4.78 is 0. The van der Waals surface area contributed by atoms with Crippen molar-refractivity contribution < 1.29 is 0 Å². The van der Waals surface area contributed by atoms with E-state index in [-0.39, 0.29) is 0 Å². The molecule has 0 radical (unpaired) electrons. The zero-order valence-corrected chi connectivity index (χ0v) is 6.06. The molecule has 0 aliphatic carbocycles. The molecule has 0 saturated carbocycles. The van der Waals surface area contributed by atoms with Crippen LogP contribution >= 0.6 is 0 Å². The first kappa shape index (κ1) is 11.3. The number of hydrogen-bond acceptors (Lipinski definition) is 2. The lowest BCUT2D eigenvalue weighted by molar-refractivity contribution is 0.678. The van der Waals surface area contributed by atoms with Crippen LogP contribution in [0.1, 0.15) is 13.3 Å². The van der Waals surface area contributed by atoms with Crippen LogP contribution < -0.4 is 11.1 Å². The fourth-order valence-corrected chi connectivity index (χ4v) is 0.404. The predicted molar refractivity (Wildman–Crippen MR) is 42.1 cm³/mol. The molecule has 0 atom stereocenters. The zero-order chi connectivity index (χ0) is 7.54. The van der Waals surface area contributed by atoms with Crippen LogP contribution in [0.3, 0.4) is 0 Å². The van der Waals surface area contributed by atoms with Crippen LogP contribution in [0, 0.1) is 12.8 Å². The van der Waals surface area contributed by atoms with Crippen LogP contribution in [-0.4, -0.2) is 19.6 Å². The first-order valence-corrected chi connectivity index (χ1v) is 3.16. The van der Waals surface area contributed by atoms with Crippen molar-refractivity contribution in [2.24, 2.45) is 5.73 Å². The topological polar surface area (TPSA) is 38.0 Å². The number of hydrogen-bond donors (Lipinski definition) is 2. The average molecular weight is 128 g/mol. The van der Waals surface area contributed by atoms with E-state index >= 15 is 0 Å². The van der Waals surface area contributed by atoms with Crippen molar-refractivity contribution in [3.63, 3.8) is 0 Å². The highest BCUT2D eigenvalue weighted by atomic mass is 14.9. The summed E-state index contributed by atoms with van der Waals surface area (Å²) in [7, 11) is 0. The van der Waals surface area contributed by atoms with E-state index in [1.165, 1.54) is 6.42 Å². The van der Waals surface area contributed by atoms with E-state index in [2.05, 4.69) is 25.1 Å². The minimum Gasteiger partial charge on any atom is -0.329 e. The first-order valence-electron chi connectivity index (χ1n) is 3.16. The minimum atomic E-state index is 0.750. The third kappa shape index (κ3) is 18.5. The van der Waals surface area contributed by atoms with E-state index in [4.69, 9.17) is 5.73 Å². The Morgan fingerprint density at radius 1 is 1.33 bits per heavy atom. The molecule has 0 bridgehead atoms. The van der Waals surface area contributed by atoms with Crippen LogP contribution in [0.4, 0.5) is 0 Å². The minimum absolute atomic E-state index is 0.750. The van der Waals surface area contributed by atoms with Crippen molar-refractivity contribution in [3.8, 4) is 12.8 Å². The summed E-state index contributed by atoms with van der Waals surface area (Å²) in [6.45, 7) is 4.94. The van der Waals surface area contributed by atoms with Crippen LogP contribution in [0.25, 0.3) is 0 Å². The van der Waals surface area contributed by atoms with E-state index in [9.17, 15) is 0 Å². The van der Waals surface area contributed by atoms with Gasteiger partial charge in [-0.25, -0.2) is 0 Å². The summed E-state index contributed by atoms with van der Waals surface area (Å²) in [5.74, 6) is 0. The summed E-state index contributed by atoms with van der Waals surface area (Å²) in [5, 5.41) is 3.16. The summed E-state index contributed by atoms with van der Waals surface area (Å²) in [5.41, 5.74) is 5.21. The Morgan fingerprint density at radius 3 is 2.22 bits per heavy atom. The van der Waals surface area contributed by atoms with Gasteiger partial charge in [-0.3, -0.25) is 0 Å². The van der Waals surface area contributed by atoms with Gasteiger partial charge in [0.1, 0.15) is 0 Å². The molecule has 2 heteroatoms. The van der Waals surface area contributed by atoms with E-state index in [0.717, 1.165) is 19.6 Å². The lowest BCUT2D eigenvalue weighted by atomic mass is 10.5. The van der Waals surface area contributed by atoms with Crippen molar-refractivity contribution in [3.05, 3.63) is 0 Å². The van der Waals surface area contributed by atoms with Crippen molar-refractivity contribution in [2.45, 2.75) is 13.3 Å². The molecule has 0 amide bonds. The van der Waals surface area contributed by atoms with Crippen molar-refractivity contribution in [1.82, 2.24) is 5.32 Å². The highest BCUT2D eigenvalue weighted by Gasteiger charge is 1.76. The average Bonchev–Trinajstić information content (AvgIpc) is 1.94. The Hall–Kier alpha value is -0.520. The van der Waals surface area contributed by atoms with Gasteiger partial charge >= 0.3 is 0 Å². The smallest absolute Gasteiger partial charge is 0.00744 e. The molecule has 0 aliphatic rings. The maximum absolute atomic E-state index is 5.21. The molecule has 2 nitrogen and oxygen atoms in total. The molecule has 0 aromatic carbocycles. The van der Waals surface area contributed by atoms with Crippen LogP contribution in [-0.2, 0) is 0 Å². The van der Waals surface area contributed by atoms with Gasteiger partial charge in [0.15, 0.2) is 0 Å². The summed E-state index contributed by atoms with van der Waals surface area (Å²) >= 11 is 0. The number of nitrogens with one attached hydrogen (secondary N) is 1. The predicted octanol–water partition coefficient (Wildman–Crippen LogP) is 0.194. The molecular weight excluding hydrogens is 112 g/mol. The molecule has 0 spiro atoms. The van der Waals surface area contributed by atoms with E-state index in [1.807, 2.05) is 0 Å². The molecule has 0 rings (SSSR count). The fraction of sp³-hybridized carbons (Fsp3) is 0.714. The summed E-state index contributed by atoms with van der Waals surface area (Å²) in [4.78, 5) is 0. The van der Waals surface area contributed by atoms with Crippen LogP contribution in [0.2, 0.25) is 0 Å². The zero-order valence-electron chi connectivity index (χ0n) is 6.06. The van der Waals surface area contributed by atoms with Crippen LogP contribution in [0.5, 0.6) is 0 Å². The number of terminal acetylenes is 1. The highest BCUT2D eigenvalue weighted by Crippen LogP contribution is 1.65. The molecule has 3 N–H and O–H groups in total. The first-order chi connectivity index (χ1) is 4.41. The molecule has 0 aromatic rings. The van der Waals surface area contributed by atoms with E-state index < -0.39 is 0 Å². The van der Waals surface area contributed by atoms with Crippen molar-refractivity contribution in [2.75, 3.05) is 19.6 Å². The molecule has 9 heavy (non-hydrogen) atoms. The highest BCUT2D eigenvalue weighted by molar-refractivity contribution is 4.47. The summed E-state index contributed by atoms with van der Waals surface area (Å²) in [6.07, 6.45) is 9.19. The van der Waals surface area contributed by atoms with Gasteiger partial charge in [-0.05, 0) is 13.0 Å². The molecule has 0 saturated heterocycles. The molecule has 0 unspecified atom stereocenters. The van der Waals surface area contributed by atoms with Gasteiger partial charge in [-0.2, -0.15) is 0 Å². The Morgan fingerprint density at radius 2 is 1.89 bits per heavy atom. The largest absolute Gasteiger partial charge is 0.329 e. The molecule has 0 aromatic heterocycles. The Balaban J connectivity index is 0. The van der Waals surface area contributed by atoms with Crippen LogP contribution in [0.15, 0.2) is 0 Å². The molecule has 0 fully saturated rings. The van der Waals surface area contributed by atoms with E-state index in [0.29, 0.717) is 0 Å². The lowest BCUT2D eigenvalue weighted by Gasteiger charge is -1.95.